The number of nitro groups is 1. The first-order valence-electron chi connectivity index (χ1n) is 9.82. The largest absolute Gasteiger partial charge is 0.463 e. The van der Waals surface area contributed by atoms with Crippen molar-refractivity contribution in [2.45, 2.75) is 12.8 Å². The Balaban J connectivity index is 1.60. The van der Waals surface area contributed by atoms with Gasteiger partial charge in [0.05, 0.1) is 36.8 Å². The van der Waals surface area contributed by atoms with Crippen LogP contribution in [0, 0.1) is 10.1 Å². The number of hydrogen-bond donors (Lipinski definition) is 0. The number of hydrogen-bond acceptors (Lipinski definition) is 7. The van der Waals surface area contributed by atoms with Gasteiger partial charge >= 0.3 is 0 Å². The quantitative estimate of drug-likeness (QED) is 0.410. The minimum absolute atomic E-state index is 0.0924. The van der Waals surface area contributed by atoms with Gasteiger partial charge in [0.2, 0.25) is 0 Å². The smallest absolute Gasteiger partial charge is 0.269 e. The van der Waals surface area contributed by atoms with Crippen molar-refractivity contribution in [3.8, 4) is 0 Å². The Morgan fingerprint density at radius 2 is 1.80 bits per heavy atom. The van der Waals surface area contributed by atoms with Crippen molar-refractivity contribution in [2.24, 2.45) is 10.2 Å². The number of morpholine rings is 1. The van der Waals surface area contributed by atoms with E-state index in [0.29, 0.717) is 19.0 Å². The third kappa shape index (κ3) is 4.72. The lowest BCUT2D eigenvalue weighted by atomic mass is 10.1. The van der Waals surface area contributed by atoms with E-state index in [9.17, 15) is 10.1 Å². The zero-order valence-corrected chi connectivity index (χ0v) is 16.4. The summed E-state index contributed by atoms with van der Waals surface area (Å²) in [5.74, 6) is 0.653. The molecule has 1 aromatic carbocycles. The highest BCUT2D eigenvalue weighted by Crippen LogP contribution is 2.35. The molecule has 2 aromatic rings. The maximum Gasteiger partial charge on any atom is 0.269 e. The van der Waals surface area contributed by atoms with E-state index in [1.807, 2.05) is 6.07 Å². The molecule has 0 unspecified atom stereocenters. The molecule has 154 valence electrons. The van der Waals surface area contributed by atoms with Crippen LogP contribution in [0.5, 0.6) is 0 Å². The standard InChI is InChI=1S/C22H22N4O4/c27-26(28)20-7-3-17(4-8-20)14-18-5-6-19(22(18)25-9-12-29-13-10-25)15-23-24-16-21-2-1-11-30-21/h1-4,7-8,11,14-16H,5-6,9-10,12-13H2/b18-14+,23-15-,24-16-. The first-order valence-corrected chi connectivity index (χ1v) is 9.82. The molecular weight excluding hydrogens is 384 g/mol. The van der Waals surface area contributed by atoms with Gasteiger partial charge in [0.1, 0.15) is 5.76 Å². The average molecular weight is 406 g/mol. The predicted octanol–water partition coefficient (Wildman–Crippen LogP) is 4.06. The molecule has 0 saturated carbocycles. The van der Waals surface area contributed by atoms with Crippen LogP contribution in [0.3, 0.4) is 0 Å². The normalized spacial score (nSPS) is 18.9. The number of benzene rings is 1. The minimum Gasteiger partial charge on any atom is -0.463 e. The molecule has 1 aromatic heterocycles. The second kappa shape index (κ2) is 9.32. The highest BCUT2D eigenvalue weighted by molar-refractivity contribution is 5.84. The molecule has 30 heavy (non-hydrogen) atoms. The van der Waals surface area contributed by atoms with Gasteiger partial charge in [-0.2, -0.15) is 10.2 Å². The van der Waals surface area contributed by atoms with E-state index in [1.54, 1.807) is 36.9 Å². The highest BCUT2D eigenvalue weighted by Gasteiger charge is 2.25. The second-order valence-corrected chi connectivity index (χ2v) is 7.00. The molecule has 8 nitrogen and oxygen atoms in total. The molecule has 1 aliphatic heterocycles. The minimum atomic E-state index is -0.386. The fourth-order valence-electron chi connectivity index (χ4n) is 3.62. The lowest BCUT2D eigenvalue weighted by Crippen LogP contribution is -2.36. The molecule has 1 fully saturated rings. The summed E-state index contributed by atoms with van der Waals surface area (Å²) in [5.41, 5.74) is 4.52. The van der Waals surface area contributed by atoms with Gasteiger partial charge in [-0.15, -0.1) is 0 Å². The lowest BCUT2D eigenvalue weighted by molar-refractivity contribution is -0.384. The van der Waals surface area contributed by atoms with Crippen molar-refractivity contribution in [3.63, 3.8) is 0 Å². The predicted molar refractivity (Wildman–Crippen MR) is 115 cm³/mol. The lowest BCUT2D eigenvalue weighted by Gasteiger charge is -2.31. The van der Waals surface area contributed by atoms with Crippen molar-refractivity contribution in [2.75, 3.05) is 26.3 Å². The van der Waals surface area contributed by atoms with Crippen molar-refractivity contribution >= 4 is 24.2 Å². The number of non-ortho nitro benzene ring substituents is 1. The van der Waals surface area contributed by atoms with Gasteiger partial charge in [0.25, 0.3) is 5.69 Å². The third-order valence-electron chi connectivity index (χ3n) is 5.05. The number of nitrogens with zero attached hydrogens (tertiary/aromatic N) is 4. The Bertz CT molecular complexity index is 998. The summed E-state index contributed by atoms with van der Waals surface area (Å²) in [5, 5.41) is 19.2. The van der Waals surface area contributed by atoms with E-state index in [1.165, 1.54) is 17.7 Å². The SMILES string of the molecule is O=[N+]([O-])c1ccc(/C=C2\CCC(/C=N\N=C/c3ccco3)=C2N2CCOCC2)cc1. The molecular formula is C22H22N4O4. The van der Waals surface area contributed by atoms with Gasteiger partial charge in [0, 0.05) is 30.9 Å². The molecule has 1 saturated heterocycles. The molecule has 1 aliphatic carbocycles. The molecule has 2 aliphatic rings. The van der Waals surface area contributed by atoms with Crippen LogP contribution < -0.4 is 0 Å². The van der Waals surface area contributed by atoms with Crippen LogP contribution in [-0.2, 0) is 4.74 Å². The van der Waals surface area contributed by atoms with E-state index < -0.39 is 0 Å². The van der Waals surface area contributed by atoms with Gasteiger partial charge in [-0.1, -0.05) is 0 Å². The van der Waals surface area contributed by atoms with E-state index in [-0.39, 0.29) is 10.6 Å². The number of allylic oxidation sites excluding steroid dienone is 2. The fourth-order valence-corrected chi connectivity index (χ4v) is 3.62. The molecule has 8 heteroatoms. The maximum absolute atomic E-state index is 10.9. The third-order valence-corrected chi connectivity index (χ3v) is 5.05. The Morgan fingerprint density at radius 1 is 1.03 bits per heavy atom. The summed E-state index contributed by atoms with van der Waals surface area (Å²) in [6.45, 7) is 3.02. The van der Waals surface area contributed by atoms with Gasteiger partial charge in [-0.25, -0.2) is 0 Å². The molecule has 0 amide bonds. The summed E-state index contributed by atoms with van der Waals surface area (Å²) in [6, 6.07) is 10.2. The van der Waals surface area contributed by atoms with E-state index >= 15 is 0 Å². The fraction of sp³-hybridized carbons (Fsp3) is 0.273. The van der Waals surface area contributed by atoms with Crippen molar-refractivity contribution in [1.82, 2.24) is 4.90 Å². The van der Waals surface area contributed by atoms with Gasteiger partial charge in [-0.05, 0) is 59.9 Å². The topological polar surface area (TPSA) is 93.5 Å². The Hall–Kier alpha value is -3.52. The number of rotatable bonds is 6. The van der Waals surface area contributed by atoms with Crippen molar-refractivity contribution in [3.05, 3.63) is 80.9 Å². The molecule has 0 radical (unpaired) electrons. The van der Waals surface area contributed by atoms with Crippen LogP contribution in [-0.4, -0.2) is 48.6 Å². The van der Waals surface area contributed by atoms with Crippen molar-refractivity contribution in [1.29, 1.82) is 0 Å². The zero-order valence-electron chi connectivity index (χ0n) is 16.4. The second-order valence-electron chi connectivity index (χ2n) is 7.00. The summed E-state index contributed by atoms with van der Waals surface area (Å²) < 4.78 is 10.7. The van der Waals surface area contributed by atoms with Gasteiger partial charge in [0.15, 0.2) is 0 Å². The highest BCUT2D eigenvalue weighted by atomic mass is 16.6. The van der Waals surface area contributed by atoms with Crippen LogP contribution >= 0.6 is 0 Å². The van der Waals surface area contributed by atoms with Gasteiger partial charge < -0.3 is 14.1 Å². The molecule has 0 spiro atoms. The number of ether oxygens (including phenoxy) is 1. The number of nitro benzene ring substituents is 1. The maximum atomic E-state index is 10.9. The summed E-state index contributed by atoms with van der Waals surface area (Å²) in [4.78, 5) is 12.8. The van der Waals surface area contributed by atoms with Crippen LogP contribution in [0.1, 0.15) is 24.2 Å². The zero-order chi connectivity index (χ0) is 20.8. The van der Waals surface area contributed by atoms with E-state index in [0.717, 1.165) is 42.8 Å². The van der Waals surface area contributed by atoms with Crippen LogP contribution in [0.15, 0.2) is 74.1 Å². The summed E-state index contributed by atoms with van der Waals surface area (Å²) >= 11 is 0. The average Bonchev–Trinajstić information content (AvgIpc) is 3.42. The van der Waals surface area contributed by atoms with E-state index in [4.69, 9.17) is 9.15 Å². The monoisotopic (exact) mass is 406 g/mol. The van der Waals surface area contributed by atoms with E-state index in [2.05, 4.69) is 21.2 Å². The Labute approximate surface area is 174 Å². The van der Waals surface area contributed by atoms with Gasteiger partial charge in [-0.3, -0.25) is 10.1 Å². The Kier molecular flexibility index (Phi) is 6.14. The summed E-state index contributed by atoms with van der Waals surface area (Å²) in [7, 11) is 0. The summed E-state index contributed by atoms with van der Waals surface area (Å²) in [6.07, 6.45) is 8.82. The molecule has 0 N–H and O–H groups in total. The molecule has 0 atom stereocenters. The molecule has 2 heterocycles. The Morgan fingerprint density at radius 3 is 2.50 bits per heavy atom. The molecule has 4 rings (SSSR count). The first-order chi connectivity index (χ1) is 14.7. The number of furan rings is 1. The van der Waals surface area contributed by atoms with Crippen LogP contribution in [0.4, 0.5) is 5.69 Å². The molecule has 0 bridgehead atoms. The van der Waals surface area contributed by atoms with Crippen LogP contribution in [0.25, 0.3) is 6.08 Å². The first kappa shape index (κ1) is 19.8. The van der Waals surface area contributed by atoms with Crippen molar-refractivity contribution < 1.29 is 14.1 Å². The van der Waals surface area contributed by atoms with Crippen LogP contribution in [0.2, 0.25) is 0 Å².